The van der Waals surface area contributed by atoms with Crippen molar-refractivity contribution in [3.8, 4) is 0 Å². The van der Waals surface area contributed by atoms with Gasteiger partial charge in [-0.15, -0.1) is 0 Å². The first-order valence-corrected chi connectivity index (χ1v) is 8.50. The third-order valence-electron chi connectivity index (χ3n) is 4.58. The van der Waals surface area contributed by atoms with Gasteiger partial charge in [-0.05, 0) is 39.0 Å². The van der Waals surface area contributed by atoms with E-state index in [1.54, 1.807) is 18.5 Å². The zero-order valence-electron chi connectivity index (χ0n) is 15.4. The summed E-state index contributed by atoms with van der Waals surface area (Å²) >= 11 is 0. The second-order valence-corrected chi connectivity index (χ2v) is 6.50. The molecule has 0 radical (unpaired) electrons. The molecule has 2 aromatic heterocycles. The second kappa shape index (κ2) is 7.00. The lowest BCUT2D eigenvalue weighted by molar-refractivity contribution is 0.0953. The third-order valence-corrected chi connectivity index (χ3v) is 4.58. The van der Waals surface area contributed by atoms with Crippen molar-refractivity contribution in [1.29, 1.82) is 0 Å². The van der Waals surface area contributed by atoms with Gasteiger partial charge in [0.25, 0.3) is 11.5 Å². The molecule has 6 heteroatoms. The Labute approximate surface area is 151 Å². The lowest BCUT2D eigenvalue weighted by Crippen LogP contribution is -2.31. The molecule has 6 nitrogen and oxygen atoms in total. The Balaban J connectivity index is 1.86. The van der Waals surface area contributed by atoms with E-state index in [2.05, 4.69) is 15.1 Å². The van der Waals surface area contributed by atoms with Gasteiger partial charge in [-0.1, -0.05) is 18.2 Å². The maximum atomic E-state index is 12.4. The number of hydrazone groups is 1. The molecule has 1 N–H and O–H groups in total. The number of nitrogens with zero attached hydrogens (tertiary/aromatic N) is 3. The van der Waals surface area contributed by atoms with Crippen LogP contribution in [-0.2, 0) is 7.05 Å². The van der Waals surface area contributed by atoms with Crippen molar-refractivity contribution in [3.05, 3.63) is 69.8 Å². The van der Waals surface area contributed by atoms with E-state index < -0.39 is 5.91 Å². The predicted molar refractivity (Wildman–Crippen MR) is 104 cm³/mol. The number of benzene rings is 1. The zero-order valence-corrected chi connectivity index (χ0v) is 15.4. The highest BCUT2D eigenvalue weighted by molar-refractivity contribution is 6.02. The minimum absolute atomic E-state index is 0.0166. The Morgan fingerprint density at radius 3 is 2.65 bits per heavy atom. The van der Waals surface area contributed by atoms with E-state index >= 15 is 0 Å². The van der Waals surface area contributed by atoms with Gasteiger partial charge in [0.1, 0.15) is 5.56 Å². The van der Waals surface area contributed by atoms with Crippen LogP contribution in [0.2, 0.25) is 0 Å². The van der Waals surface area contributed by atoms with E-state index in [9.17, 15) is 9.59 Å². The molecule has 0 saturated heterocycles. The standard InChI is InChI=1S/C20H22N4O2/c1-13(2)24-11-7-9-16(20(24)26)19(25)22-21-12-17-14(3)23(4)18-10-6-5-8-15(17)18/h5-13H,1-4H3,(H,22,25)/b21-12-. The Morgan fingerprint density at radius 1 is 1.19 bits per heavy atom. The molecular weight excluding hydrogens is 328 g/mol. The molecule has 0 bridgehead atoms. The summed E-state index contributed by atoms with van der Waals surface area (Å²) in [6.07, 6.45) is 3.30. The smallest absolute Gasteiger partial charge is 0.276 e. The van der Waals surface area contributed by atoms with Crippen LogP contribution in [0.25, 0.3) is 10.9 Å². The number of pyridine rings is 1. The van der Waals surface area contributed by atoms with Crippen LogP contribution in [0.4, 0.5) is 0 Å². The molecule has 134 valence electrons. The number of para-hydroxylation sites is 1. The molecule has 0 fully saturated rings. The van der Waals surface area contributed by atoms with Gasteiger partial charge in [0, 0.05) is 41.4 Å². The Bertz CT molecular complexity index is 1060. The van der Waals surface area contributed by atoms with Crippen molar-refractivity contribution in [1.82, 2.24) is 14.6 Å². The number of aromatic nitrogens is 2. The summed E-state index contributed by atoms with van der Waals surface area (Å²) in [5.41, 5.74) is 5.30. The SMILES string of the molecule is Cc1c(/C=N\NC(=O)c2cccn(C(C)C)c2=O)c2ccccc2n1C. The molecule has 0 atom stereocenters. The maximum Gasteiger partial charge on any atom is 0.276 e. The van der Waals surface area contributed by atoms with Gasteiger partial charge >= 0.3 is 0 Å². The quantitative estimate of drug-likeness (QED) is 0.580. The first kappa shape index (κ1) is 17.7. The van der Waals surface area contributed by atoms with Gasteiger partial charge in [0.2, 0.25) is 0 Å². The van der Waals surface area contributed by atoms with Crippen molar-refractivity contribution in [2.45, 2.75) is 26.8 Å². The number of amides is 1. The fourth-order valence-corrected chi connectivity index (χ4v) is 3.02. The molecule has 0 aliphatic carbocycles. The summed E-state index contributed by atoms with van der Waals surface area (Å²) in [4.78, 5) is 24.7. The van der Waals surface area contributed by atoms with E-state index in [1.807, 2.05) is 52.1 Å². The van der Waals surface area contributed by atoms with Gasteiger partial charge in [-0.2, -0.15) is 5.10 Å². The van der Waals surface area contributed by atoms with Crippen LogP contribution in [0.15, 0.2) is 52.5 Å². The van der Waals surface area contributed by atoms with Crippen LogP contribution in [0, 0.1) is 6.92 Å². The van der Waals surface area contributed by atoms with Crippen LogP contribution < -0.4 is 11.0 Å². The lowest BCUT2D eigenvalue weighted by Gasteiger charge is -2.10. The van der Waals surface area contributed by atoms with Crippen LogP contribution >= 0.6 is 0 Å². The topological polar surface area (TPSA) is 68.4 Å². The molecular formula is C20H22N4O2. The van der Waals surface area contributed by atoms with E-state index in [-0.39, 0.29) is 17.2 Å². The van der Waals surface area contributed by atoms with E-state index in [4.69, 9.17) is 0 Å². The molecule has 0 aliphatic heterocycles. The summed E-state index contributed by atoms with van der Waals surface area (Å²) in [5.74, 6) is -0.515. The second-order valence-electron chi connectivity index (χ2n) is 6.50. The Hall–Kier alpha value is -3.15. The fourth-order valence-electron chi connectivity index (χ4n) is 3.02. The van der Waals surface area contributed by atoms with Crippen molar-refractivity contribution < 1.29 is 4.79 Å². The van der Waals surface area contributed by atoms with E-state index in [1.165, 1.54) is 10.6 Å². The Kier molecular flexibility index (Phi) is 4.75. The summed E-state index contributed by atoms with van der Waals surface area (Å²) in [6, 6.07) is 11.2. The number of fused-ring (bicyclic) bond motifs is 1. The number of hydrogen-bond donors (Lipinski definition) is 1. The van der Waals surface area contributed by atoms with Gasteiger partial charge in [-0.3, -0.25) is 9.59 Å². The summed E-state index contributed by atoms with van der Waals surface area (Å²) in [7, 11) is 1.99. The number of nitrogens with one attached hydrogen (secondary N) is 1. The largest absolute Gasteiger partial charge is 0.347 e. The van der Waals surface area contributed by atoms with Crippen molar-refractivity contribution in [2.24, 2.45) is 12.1 Å². The molecule has 1 amide bonds. The number of carbonyl (C=O) groups excluding carboxylic acids is 1. The number of aryl methyl sites for hydroxylation is 1. The highest BCUT2D eigenvalue weighted by Gasteiger charge is 2.13. The monoisotopic (exact) mass is 350 g/mol. The van der Waals surface area contributed by atoms with Crippen molar-refractivity contribution >= 4 is 23.0 Å². The molecule has 2 heterocycles. The molecule has 0 aliphatic rings. The minimum atomic E-state index is -0.515. The molecule has 1 aromatic carbocycles. The zero-order chi connectivity index (χ0) is 18.8. The maximum absolute atomic E-state index is 12.4. The summed E-state index contributed by atoms with van der Waals surface area (Å²) in [6.45, 7) is 5.79. The average molecular weight is 350 g/mol. The van der Waals surface area contributed by atoms with Crippen LogP contribution in [-0.4, -0.2) is 21.3 Å². The third kappa shape index (κ3) is 3.06. The number of carbonyl (C=O) groups is 1. The van der Waals surface area contributed by atoms with Crippen molar-refractivity contribution in [3.63, 3.8) is 0 Å². The molecule has 3 aromatic rings. The van der Waals surface area contributed by atoms with E-state index in [0.717, 1.165) is 22.2 Å². The average Bonchev–Trinajstić information content (AvgIpc) is 2.86. The minimum Gasteiger partial charge on any atom is -0.347 e. The van der Waals surface area contributed by atoms with Crippen molar-refractivity contribution in [2.75, 3.05) is 0 Å². The van der Waals surface area contributed by atoms with Crippen LogP contribution in [0.3, 0.4) is 0 Å². The predicted octanol–water partition coefficient (Wildman–Crippen LogP) is 2.99. The van der Waals surface area contributed by atoms with E-state index in [0.29, 0.717) is 0 Å². The van der Waals surface area contributed by atoms with Gasteiger partial charge < -0.3 is 9.13 Å². The molecule has 0 spiro atoms. The fraction of sp³-hybridized carbons (Fsp3) is 0.250. The van der Waals surface area contributed by atoms with Gasteiger partial charge in [-0.25, -0.2) is 5.43 Å². The number of hydrogen-bond acceptors (Lipinski definition) is 3. The molecule has 26 heavy (non-hydrogen) atoms. The highest BCUT2D eigenvalue weighted by Crippen LogP contribution is 2.22. The molecule has 0 saturated carbocycles. The summed E-state index contributed by atoms with van der Waals surface area (Å²) in [5, 5.41) is 5.13. The molecule has 0 unspecified atom stereocenters. The first-order valence-electron chi connectivity index (χ1n) is 8.50. The summed E-state index contributed by atoms with van der Waals surface area (Å²) < 4.78 is 3.60. The van der Waals surface area contributed by atoms with Crippen LogP contribution in [0.5, 0.6) is 0 Å². The lowest BCUT2D eigenvalue weighted by atomic mass is 10.1. The van der Waals surface area contributed by atoms with Gasteiger partial charge in [0.05, 0.1) is 6.21 Å². The Morgan fingerprint density at radius 2 is 1.92 bits per heavy atom. The van der Waals surface area contributed by atoms with Gasteiger partial charge in [0.15, 0.2) is 0 Å². The first-order chi connectivity index (χ1) is 12.4. The van der Waals surface area contributed by atoms with Crippen LogP contribution in [0.1, 0.15) is 41.5 Å². The number of rotatable bonds is 4. The normalized spacial score (nSPS) is 11.6. The molecule has 3 rings (SSSR count). The highest BCUT2D eigenvalue weighted by atomic mass is 16.2.